The zero-order valence-corrected chi connectivity index (χ0v) is 29.8. The number of rotatable bonds is 13. The van der Waals surface area contributed by atoms with Gasteiger partial charge in [0.1, 0.15) is 0 Å². The lowest BCUT2D eigenvalue weighted by atomic mass is 9.80. The van der Waals surface area contributed by atoms with Gasteiger partial charge in [-0.3, -0.25) is 9.59 Å². The van der Waals surface area contributed by atoms with Crippen LogP contribution in [0.2, 0.25) is 0 Å². The highest BCUT2D eigenvalue weighted by Crippen LogP contribution is 2.50. The van der Waals surface area contributed by atoms with Gasteiger partial charge in [-0.1, -0.05) is 100.0 Å². The molecule has 10 heteroatoms. The minimum absolute atomic E-state index is 0.170. The molecule has 5 rings (SSSR count). The molecule has 0 amide bonds. The van der Waals surface area contributed by atoms with Crippen LogP contribution in [0.4, 0.5) is 5.69 Å². The molecule has 0 unspecified atom stereocenters. The lowest BCUT2D eigenvalue weighted by molar-refractivity contribution is -0.777. The van der Waals surface area contributed by atoms with E-state index in [1.807, 2.05) is 12.1 Å². The van der Waals surface area contributed by atoms with Crippen LogP contribution in [-0.2, 0) is 30.3 Å². The lowest BCUT2D eigenvalue weighted by Crippen LogP contribution is -2.28. The predicted octanol–water partition coefficient (Wildman–Crippen LogP) is 8.50. The Labute approximate surface area is 288 Å². The molecule has 0 fully saturated rings. The third-order valence-corrected chi connectivity index (χ3v) is 11.5. The monoisotopic (exact) mass is 696 g/mol. The first kappa shape index (κ1) is 35.7. The van der Waals surface area contributed by atoms with E-state index in [0.29, 0.717) is 18.7 Å². The summed E-state index contributed by atoms with van der Waals surface area (Å²) in [6, 6.07) is 16.8. The topological polar surface area (TPSA) is 99.1 Å². The summed E-state index contributed by atoms with van der Waals surface area (Å²) >= 11 is 8.15. The van der Waals surface area contributed by atoms with E-state index in [0.717, 1.165) is 71.7 Å². The molecule has 2 aliphatic carbocycles. The number of hydrogen-bond donors (Lipinski definition) is 1. The van der Waals surface area contributed by atoms with Gasteiger partial charge in [-0.25, -0.2) is 0 Å². The minimum atomic E-state index is -4.04. The first-order valence-electron chi connectivity index (χ1n) is 16.1. The number of allylic oxidation sites excluding steroid dienone is 10. The molecule has 2 aromatic carbocycles. The standard InChI is InChI=1S/C37H44ClNO6S2/c1-36(2)30-16-6-5-14-28(30)29(15-10-24-46-45-44-40)31(36)21-19-26-12-9-13-27(35(26)38)20-22-34-37(3,4)32-17-7-8-18-33(32)39(34)23-11-25-47(41,42)43/h5-8,14,16-22,40H,9-13,15,23-25H2,1-4H3,(H,41,42,43)/p-1/b21-19+,27-20+,34-22-. The van der Waals surface area contributed by atoms with Gasteiger partial charge in [0.2, 0.25) is 0 Å². The Balaban J connectivity index is 1.44. The van der Waals surface area contributed by atoms with Crippen molar-refractivity contribution < 1.29 is 27.6 Å². The molecule has 0 saturated carbocycles. The Hall–Kier alpha value is -2.63. The molecule has 2 aromatic rings. The van der Waals surface area contributed by atoms with Gasteiger partial charge in [0, 0.05) is 51.6 Å². The minimum Gasteiger partial charge on any atom is -0.691 e. The van der Waals surface area contributed by atoms with Crippen LogP contribution in [-0.4, -0.2) is 31.0 Å². The predicted molar refractivity (Wildman–Crippen MR) is 190 cm³/mol. The largest absolute Gasteiger partial charge is 0.691 e. The Morgan fingerprint density at radius 3 is 2.45 bits per heavy atom. The van der Waals surface area contributed by atoms with Crippen molar-refractivity contribution in [3.8, 4) is 0 Å². The number of halogens is 1. The number of hydrogen-bond acceptors (Lipinski definition) is 7. The second-order valence-electron chi connectivity index (χ2n) is 13.3. The Morgan fingerprint density at radius 2 is 1.70 bits per heavy atom. The fraction of sp³-hybridized carbons (Fsp3) is 0.405. The molecular formula is C37H43ClNO6S2-. The van der Waals surface area contributed by atoms with Gasteiger partial charge < -0.3 is 10.2 Å². The number of benzene rings is 2. The second kappa shape index (κ2) is 14.9. The number of fused-ring (bicyclic) bond motifs is 2. The highest BCUT2D eigenvalue weighted by atomic mass is 35.5. The smallest absolute Gasteiger partial charge is 0.264 e. The van der Waals surface area contributed by atoms with E-state index in [-0.39, 0.29) is 16.6 Å². The highest BCUT2D eigenvalue weighted by Gasteiger charge is 2.39. The normalized spacial score (nSPS) is 20.6. The Kier molecular flexibility index (Phi) is 11.3. The zero-order chi connectivity index (χ0) is 33.8. The van der Waals surface area contributed by atoms with Crippen molar-refractivity contribution in [2.24, 2.45) is 0 Å². The zero-order valence-electron chi connectivity index (χ0n) is 27.4. The van der Waals surface area contributed by atoms with Gasteiger partial charge in [0.25, 0.3) is 10.1 Å². The summed E-state index contributed by atoms with van der Waals surface area (Å²) in [5.41, 5.74) is 10.2. The van der Waals surface area contributed by atoms with Gasteiger partial charge in [0.15, 0.2) is 0 Å². The molecule has 252 valence electrons. The molecule has 0 saturated heterocycles. The molecule has 0 atom stereocenters. The van der Waals surface area contributed by atoms with Crippen molar-refractivity contribution in [1.29, 1.82) is 0 Å². The van der Waals surface area contributed by atoms with Crippen LogP contribution < -0.4 is 10.2 Å². The van der Waals surface area contributed by atoms with Crippen molar-refractivity contribution >= 4 is 45.0 Å². The van der Waals surface area contributed by atoms with Crippen molar-refractivity contribution in [1.82, 2.24) is 0 Å². The van der Waals surface area contributed by atoms with Crippen molar-refractivity contribution in [2.75, 3.05) is 23.0 Å². The molecule has 1 aliphatic heterocycles. The summed E-state index contributed by atoms with van der Waals surface area (Å²) in [4.78, 5) is 2.17. The van der Waals surface area contributed by atoms with E-state index in [4.69, 9.17) is 11.6 Å². The maximum Gasteiger partial charge on any atom is 0.264 e. The van der Waals surface area contributed by atoms with E-state index in [9.17, 15) is 18.2 Å². The highest BCUT2D eigenvalue weighted by molar-refractivity contribution is 7.94. The quantitative estimate of drug-likeness (QED) is 0.0732. The fourth-order valence-electron chi connectivity index (χ4n) is 7.26. The summed E-state index contributed by atoms with van der Waals surface area (Å²) in [6.45, 7) is 9.36. The fourth-order valence-corrected chi connectivity index (χ4v) is 8.44. The molecule has 0 spiro atoms. The van der Waals surface area contributed by atoms with Crippen LogP contribution in [0.1, 0.15) is 82.9 Å². The second-order valence-corrected chi connectivity index (χ2v) is 16.1. The molecule has 47 heavy (non-hydrogen) atoms. The first-order valence-corrected chi connectivity index (χ1v) is 19.0. The molecule has 0 radical (unpaired) electrons. The van der Waals surface area contributed by atoms with Crippen LogP contribution in [0.5, 0.6) is 0 Å². The maximum atomic E-state index is 11.5. The summed E-state index contributed by atoms with van der Waals surface area (Å²) in [5.74, 6) is 0.361. The molecular weight excluding hydrogens is 654 g/mol. The van der Waals surface area contributed by atoms with E-state index in [1.54, 1.807) is 0 Å². The Morgan fingerprint density at radius 1 is 0.979 bits per heavy atom. The third-order valence-electron chi connectivity index (χ3n) is 9.59. The van der Waals surface area contributed by atoms with E-state index >= 15 is 0 Å². The van der Waals surface area contributed by atoms with Gasteiger partial charge >= 0.3 is 0 Å². The lowest BCUT2D eigenvalue weighted by Gasteiger charge is -2.27. The number of anilines is 1. The Bertz CT molecular complexity index is 1750. The van der Waals surface area contributed by atoms with Crippen molar-refractivity contribution in [3.05, 3.63) is 117 Å². The van der Waals surface area contributed by atoms with Crippen molar-refractivity contribution in [2.45, 2.75) is 77.0 Å². The van der Waals surface area contributed by atoms with Crippen LogP contribution in [0, 0.1) is 0 Å². The molecule has 0 bridgehead atoms. The third kappa shape index (κ3) is 7.83. The molecule has 7 nitrogen and oxygen atoms in total. The average Bonchev–Trinajstić information content (AvgIpc) is 3.38. The van der Waals surface area contributed by atoms with E-state index < -0.39 is 10.1 Å². The first-order chi connectivity index (χ1) is 22.4. The summed E-state index contributed by atoms with van der Waals surface area (Å²) in [5, 5.41) is 14.4. The number of nitrogens with zero attached hydrogens (tertiary/aromatic N) is 1. The average molecular weight is 697 g/mol. The summed E-state index contributed by atoms with van der Waals surface area (Å²) in [7, 11) is -4.04. The van der Waals surface area contributed by atoms with Gasteiger partial charge in [-0.2, -0.15) is 12.8 Å². The van der Waals surface area contributed by atoms with Crippen LogP contribution >= 0.6 is 23.6 Å². The van der Waals surface area contributed by atoms with Gasteiger partial charge in [-0.15, -0.1) is 0 Å². The summed E-state index contributed by atoms with van der Waals surface area (Å²) < 4.78 is 36.7. The van der Waals surface area contributed by atoms with Gasteiger partial charge in [-0.05, 0) is 89.7 Å². The van der Waals surface area contributed by atoms with Crippen LogP contribution in [0.15, 0.2) is 100 Å². The number of para-hydroxylation sites is 1. The van der Waals surface area contributed by atoms with Gasteiger partial charge in [0.05, 0.1) is 5.75 Å². The van der Waals surface area contributed by atoms with E-state index in [1.165, 1.54) is 27.8 Å². The van der Waals surface area contributed by atoms with E-state index in [2.05, 4.69) is 103 Å². The SMILES string of the molecule is CC1(C)C(/C=C/C2=C(Cl)C(=C/C=C3\N(CCCS(=O)(=O)O)c4ccccc4C3(C)C)/CCC2)=C(CCCSOO[O-])c2ccccc21. The van der Waals surface area contributed by atoms with Crippen molar-refractivity contribution in [3.63, 3.8) is 0 Å². The van der Waals surface area contributed by atoms with Crippen LogP contribution in [0.25, 0.3) is 5.57 Å². The molecule has 3 aliphatic rings. The van der Waals surface area contributed by atoms with Crippen LogP contribution in [0.3, 0.4) is 0 Å². The molecule has 1 N–H and O–H groups in total. The molecule has 1 heterocycles. The molecule has 0 aromatic heterocycles. The summed E-state index contributed by atoms with van der Waals surface area (Å²) in [6.07, 6.45) is 13.4. The maximum absolute atomic E-state index is 11.5.